The van der Waals surface area contributed by atoms with Crippen molar-refractivity contribution in [3.05, 3.63) is 64.2 Å². The van der Waals surface area contributed by atoms with Crippen LogP contribution in [0.25, 0.3) is 0 Å². The molecule has 0 amide bonds. The minimum atomic E-state index is -1.43. The molecular weight excluding hydrogens is 426 g/mol. The zero-order valence-corrected chi connectivity index (χ0v) is 17.7. The molecule has 0 aliphatic carbocycles. The van der Waals surface area contributed by atoms with Gasteiger partial charge >= 0.3 is 0 Å². The van der Waals surface area contributed by atoms with Crippen molar-refractivity contribution in [1.82, 2.24) is 0 Å². The third-order valence-electron chi connectivity index (χ3n) is 5.11. The smallest absolute Gasteiger partial charge is 0.127 e. The van der Waals surface area contributed by atoms with Crippen molar-refractivity contribution < 1.29 is 34.7 Å². The fourth-order valence-corrected chi connectivity index (χ4v) is 3.63. The van der Waals surface area contributed by atoms with Gasteiger partial charge in [-0.2, -0.15) is 0 Å². The molecule has 2 aromatic rings. The first-order valence-electron chi connectivity index (χ1n) is 9.80. The van der Waals surface area contributed by atoms with Gasteiger partial charge in [0, 0.05) is 5.02 Å². The van der Waals surface area contributed by atoms with Crippen LogP contribution in [0.2, 0.25) is 5.02 Å². The van der Waals surface area contributed by atoms with Crippen LogP contribution < -0.4 is 4.74 Å². The van der Waals surface area contributed by atoms with Crippen LogP contribution in [-0.4, -0.2) is 71.4 Å². The van der Waals surface area contributed by atoms with Crippen molar-refractivity contribution in [2.24, 2.45) is 5.16 Å². The Hall–Kier alpha value is -2.20. The third kappa shape index (κ3) is 5.74. The molecule has 0 unspecified atom stereocenters. The summed E-state index contributed by atoms with van der Waals surface area (Å²) in [5.41, 5.74) is 2.39. The average molecular weight is 452 g/mol. The van der Waals surface area contributed by atoms with E-state index in [-0.39, 0.29) is 0 Å². The Bertz CT molecular complexity index is 875. The van der Waals surface area contributed by atoms with Crippen LogP contribution in [0.15, 0.2) is 47.6 Å². The highest BCUT2D eigenvalue weighted by atomic mass is 35.5. The molecule has 1 fully saturated rings. The second-order valence-corrected chi connectivity index (χ2v) is 7.61. The van der Waals surface area contributed by atoms with E-state index in [0.29, 0.717) is 29.4 Å². The van der Waals surface area contributed by atoms with E-state index in [1.165, 1.54) is 13.3 Å². The maximum absolute atomic E-state index is 10.4. The molecule has 1 heterocycles. The Morgan fingerprint density at radius 1 is 1.06 bits per heavy atom. The van der Waals surface area contributed by atoms with Crippen molar-refractivity contribution in [3.8, 4) is 5.75 Å². The fraction of sp³-hybridized carbons (Fsp3) is 0.409. The molecule has 1 aliphatic heterocycles. The number of nitrogens with zero attached hydrogens (tertiary/aromatic N) is 1. The van der Waals surface area contributed by atoms with E-state index in [4.69, 9.17) is 21.1 Å². The fourth-order valence-electron chi connectivity index (χ4n) is 3.45. The summed E-state index contributed by atoms with van der Waals surface area (Å²) >= 11 is 6.37. The van der Waals surface area contributed by atoms with E-state index in [1.54, 1.807) is 18.2 Å². The standard InChI is InChI=1S/C22H26ClNO7/c1-29-24-8-9-30-16-5-2-13(3-6-16)10-15-11-14(4-7-17(15)23)22-21(28)20(27)19(26)18(12-25)31-22/h2-8,11,18-22,25-28H,9-10,12H2,1H3/b24-8+/t18-,19-,20+,21-,22+/m1/s1. The molecule has 3 rings (SSSR count). The predicted octanol–water partition coefficient (Wildman–Crippen LogP) is 1.46. The predicted molar refractivity (Wildman–Crippen MR) is 114 cm³/mol. The van der Waals surface area contributed by atoms with Crippen molar-refractivity contribution in [1.29, 1.82) is 0 Å². The highest BCUT2D eigenvalue weighted by Crippen LogP contribution is 2.34. The number of rotatable bonds is 8. The Labute approximate surface area is 185 Å². The molecule has 0 radical (unpaired) electrons. The molecule has 8 nitrogen and oxygen atoms in total. The van der Waals surface area contributed by atoms with E-state index in [2.05, 4.69) is 9.99 Å². The quantitative estimate of drug-likeness (QED) is 0.354. The lowest BCUT2D eigenvalue weighted by Gasteiger charge is -2.40. The Balaban J connectivity index is 1.73. The molecule has 31 heavy (non-hydrogen) atoms. The second-order valence-electron chi connectivity index (χ2n) is 7.20. The van der Waals surface area contributed by atoms with Crippen LogP contribution in [0.5, 0.6) is 5.75 Å². The molecule has 1 aliphatic rings. The summed E-state index contributed by atoms with van der Waals surface area (Å²) in [4.78, 5) is 4.57. The molecule has 0 saturated carbocycles. The topological polar surface area (TPSA) is 121 Å². The lowest BCUT2D eigenvalue weighted by molar-refractivity contribution is -0.231. The Kier molecular flexibility index (Phi) is 8.25. The summed E-state index contributed by atoms with van der Waals surface area (Å²) in [6.45, 7) is -0.187. The number of halogens is 1. The number of ether oxygens (including phenoxy) is 2. The zero-order chi connectivity index (χ0) is 22.4. The molecular formula is C22H26ClNO7. The van der Waals surface area contributed by atoms with Gasteiger partial charge in [0.1, 0.15) is 50.0 Å². The van der Waals surface area contributed by atoms with E-state index in [1.807, 2.05) is 24.3 Å². The van der Waals surface area contributed by atoms with Crippen LogP contribution in [-0.2, 0) is 16.0 Å². The summed E-state index contributed by atoms with van der Waals surface area (Å²) < 4.78 is 11.2. The third-order valence-corrected chi connectivity index (χ3v) is 5.48. The molecule has 0 bridgehead atoms. The zero-order valence-electron chi connectivity index (χ0n) is 17.0. The van der Waals surface area contributed by atoms with Gasteiger partial charge in [0.15, 0.2) is 0 Å². The molecule has 0 spiro atoms. The number of oxime groups is 1. The van der Waals surface area contributed by atoms with Crippen molar-refractivity contribution in [2.45, 2.75) is 36.9 Å². The van der Waals surface area contributed by atoms with Gasteiger partial charge in [-0.1, -0.05) is 41.0 Å². The SMILES string of the molecule is CO/N=C/COc1ccc(Cc2cc([C@@H]3O[C@H](CO)[C@@H](O)[C@H](O)[C@H]3O)ccc2Cl)cc1. The first-order chi connectivity index (χ1) is 14.9. The Morgan fingerprint density at radius 2 is 1.81 bits per heavy atom. The minimum Gasteiger partial charge on any atom is -0.488 e. The molecule has 4 N–H and O–H groups in total. The van der Waals surface area contributed by atoms with E-state index in [0.717, 1.165) is 11.1 Å². The normalized spacial score (nSPS) is 26.2. The first-order valence-corrected chi connectivity index (χ1v) is 10.2. The maximum atomic E-state index is 10.4. The highest BCUT2D eigenvalue weighted by molar-refractivity contribution is 6.31. The molecule has 168 valence electrons. The molecule has 0 aromatic heterocycles. The van der Waals surface area contributed by atoms with Gasteiger partial charge in [-0.25, -0.2) is 0 Å². The van der Waals surface area contributed by atoms with Crippen LogP contribution in [0.4, 0.5) is 0 Å². The van der Waals surface area contributed by atoms with E-state index in [9.17, 15) is 20.4 Å². The Morgan fingerprint density at radius 3 is 2.48 bits per heavy atom. The molecule has 9 heteroatoms. The van der Waals surface area contributed by atoms with E-state index >= 15 is 0 Å². The van der Waals surface area contributed by atoms with Crippen LogP contribution in [0, 0.1) is 0 Å². The summed E-state index contributed by atoms with van der Waals surface area (Å²) in [6.07, 6.45) is -4.01. The molecule has 1 saturated heterocycles. The lowest BCUT2D eigenvalue weighted by Crippen LogP contribution is -2.55. The summed E-state index contributed by atoms with van der Waals surface area (Å²) in [5.74, 6) is 0.687. The second kappa shape index (κ2) is 10.9. The van der Waals surface area contributed by atoms with Crippen LogP contribution in [0.1, 0.15) is 22.8 Å². The van der Waals surface area contributed by atoms with Gasteiger partial charge in [-0.15, -0.1) is 0 Å². The van der Waals surface area contributed by atoms with Crippen LogP contribution in [0.3, 0.4) is 0 Å². The summed E-state index contributed by atoms with van der Waals surface area (Å²) in [5, 5.41) is 44.0. The number of benzene rings is 2. The summed E-state index contributed by atoms with van der Waals surface area (Å²) in [6, 6.07) is 12.7. The van der Waals surface area contributed by atoms with Crippen molar-refractivity contribution in [3.63, 3.8) is 0 Å². The largest absolute Gasteiger partial charge is 0.488 e. The lowest BCUT2D eigenvalue weighted by atomic mass is 9.90. The van der Waals surface area contributed by atoms with Crippen molar-refractivity contribution in [2.75, 3.05) is 20.3 Å². The number of hydrogen-bond donors (Lipinski definition) is 4. The van der Waals surface area contributed by atoms with Gasteiger partial charge < -0.3 is 34.7 Å². The van der Waals surface area contributed by atoms with E-state index < -0.39 is 37.1 Å². The number of hydrogen-bond acceptors (Lipinski definition) is 8. The van der Waals surface area contributed by atoms with Gasteiger partial charge in [-0.3, -0.25) is 0 Å². The average Bonchev–Trinajstić information content (AvgIpc) is 2.78. The van der Waals surface area contributed by atoms with Crippen LogP contribution >= 0.6 is 11.6 Å². The van der Waals surface area contributed by atoms with Crippen molar-refractivity contribution >= 4 is 17.8 Å². The number of aliphatic hydroxyl groups is 4. The highest BCUT2D eigenvalue weighted by Gasteiger charge is 2.44. The maximum Gasteiger partial charge on any atom is 0.127 e. The van der Waals surface area contributed by atoms with Gasteiger partial charge in [0.05, 0.1) is 12.8 Å². The first kappa shape index (κ1) is 23.5. The number of aliphatic hydroxyl groups excluding tert-OH is 4. The molecule has 5 atom stereocenters. The monoisotopic (exact) mass is 451 g/mol. The van der Waals surface area contributed by atoms with Gasteiger partial charge in [-0.05, 0) is 41.3 Å². The van der Waals surface area contributed by atoms with Gasteiger partial charge in [0.2, 0.25) is 0 Å². The molecule has 2 aromatic carbocycles. The van der Waals surface area contributed by atoms with Gasteiger partial charge in [0.25, 0.3) is 0 Å². The minimum absolute atomic E-state index is 0.292. The summed E-state index contributed by atoms with van der Waals surface area (Å²) in [7, 11) is 1.46.